The zero-order valence-corrected chi connectivity index (χ0v) is 17.4. The molecule has 150 valence electrons. The standard InChI is InChI=1S/C13H10N2O.C13H11N2/c1-15-10-6-3-2-5-9(10)14-13-11(15)7-4-8-12(13)16;1-15-12-8-4-2-6-10(12)14-11-7-3-5-9-13(11)15/h2-8H,1H3;2-9H,1H3/q;+1. The van der Waals surface area contributed by atoms with Gasteiger partial charge in [0.25, 0.3) is 0 Å². The number of hydrogen-bond acceptors (Lipinski definition) is 3. The van der Waals surface area contributed by atoms with Crippen molar-refractivity contribution >= 4 is 33.1 Å². The van der Waals surface area contributed by atoms with Gasteiger partial charge in [-0.25, -0.2) is 9.97 Å². The number of aromatic nitrogens is 4. The molecule has 0 fully saturated rings. The average molecular weight is 405 g/mol. The minimum Gasteiger partial charge on any atom is -0.341 e. The molecule has 0 radical (unpaired) electrons. The molecule has 31 heavy (non-hydrogen) atoms. The molecule has 0 N–H and O–H groups in total. The molecule has 0 bridgehead atoms. The van der Waals surface area contributed by atoms with E-state index < -0.39 is 0 Å². The quantitative estimate of drug-likeness (QED) is 0.280. The SMILES string of the molecule is C[n+]1c2ccccc2nc2ccccc21.Cn1c2cccc(=O)c-2nc2ccccc21. The van der Waals surface area contributed by atoms with Gasteiger partial charge in [-0.05, 0) is 36.4 Å². The highest BCUT2D eigenvalue weighted by Crippen LogP contribution is 2.20. The minimum atomic E-state index is -0.0288. The van der Waals surface area contributed by atoms with Crippen molar-refractivity contribution in [2.24, 2.45) is 14.1 Å². The molecule has 2 aliphatic rings. The van der Waals surface area contributed by atoms with Crippen molar-refractivity contribution in [2.45, 2.75) is 0 Å². The summed E-state index contributed by atoms with van der Waals surface area (Å²) < 4.78 is 4.18. The van der Waals surface area contributed by atoms with Crippen molar-refractivity contribution in [3.8, 4) is 11.4 Å². The Morgan fingerprint density at radius 1 is 0.677 bits per heavy atom. The summed E-state index contributed by atoms with van der Waals surface area (Å²) in [6.45, 7) is 0. The molecular weight excluding hydrogens is 384 g/mol. The lowest BCUT2D eigenvalue weighted by Gasteiger charge is -2.13. The van der Waals surface area contributed by atoms with Crippen LogP contribution in [0.2, 0.25) is 0 Å². The number of para-hydroxylation sites is 7. The number of benzene rings is 4. The predicted molar refractivity (Wildman–Crippen MR) is 124 cm³/mol. The molecule has 0 unspecified atom stereocenters. The Morgan fingerprint density at radius 3 is 1.94 bits per heavy atom. The van der Waals surface area contributed by atoms with Crippen LogP contribution in [-0.4, -0.2) is 14.5 Å². The molecule has 5 nitrogen and oxygen atoms in total. The maximum atomic E-state index is 11.7. The lowest BCUT2D eigenvalue weighted by atomic mass is 10.2. The van der Waals surface area contributed by atoms with Crippen molar-refractivity contribution < 1.29 is 4.57 Å². The highest BCUT2D eigenvalue weighted by Gasteiger charge is 2.12. The van der Waals surface area contributed by atoms with Crippen LogP contribution in [-0.2, 0) is 14.1 Å². The Hall–Kier alpha value is -4.12. The maximum Gasteiger partial charge on any atom is 0.231 e. The largest absolute Gasteiger partial charge is 0.341 e. The molecule has 3 aromatic carbocycles. The van der Waals surface area contributed by atoms with Gasteiger partial charge in [0.2, 0.25) is 16.5 Å². The second-order valence-corrected chi connectivity index (χ2v) is 7.43. The van der Waals surface area contributed by atoms with Gasteiger partial charge in [-0.15, -0.1) is 0 Å². The first kappa shape index (κ1) is 18.9. The smallest absolute Gasteiger partial charge is 0.231 e. The van der Waals surface area contributed by atoms with Gasteiger partial charge in [0, 0.05) is 19.2 Å². The van der Waals surface area contributed by atoms with Gasteiger partial charge in [0.1, 0.15) is 23.8 Å². The van der Waals surface area contributed by atoms with Crippen LogP contribution in [0, 0.1) is 0 Å². The molecule has 0 saturated carbocycles. The van der Waals surface area contributed by atoms with Crippen LogP contribution < -0.4 is 10.00 Å². The normalized spacial score (nSPS) is 11.0. The van der Waals surface area contributed by atoms with E-state index in [2.05, 4.69) is 33.7 Å². The van der Waals surface area contributed by atoms with Crippen LogP contribution >= 0.6 is 0 Å². The third kappa shape index (κ3) is 3.30. The molecule has 0 spiro atoms. The van der Waals surface area contributed by atoms with Crippen molar-refractivity contribution in [1.82, 2.24) is 14.5 Å². The molecule has 1 aliphatic carbocycles. The Morgan fingerprint density at radius 2 is 1.26 bits per heavy atom. The first-order valence-electron chi connectivity index (χ1n) is 10.1. The highest BCUT2D eigenvalue weighted by atomic mass is 16.1. The van der Waals surface area contributed by atoms with Gasteiger partial charge in [0.05, 0.1) is 16.7 Å². The Balaban J connectivity index is 0.000000132. The second kappa shape index (κ2) is 7.61. The minimum absolute atomic E-state index is 0.0288. The molecular formula is C26H21N4O+. The molecule has 0 amide bonds. The van der Waals surface area contributed by atoms with Gasteiger partial charge in [0.15, 0.2) is 0 Å². The zero-order chi connectivity index (χ0) is 21.4. The third-order valence-corrected chi connectivity index (χ3v) is 5.54. The van der Waals surface area contributed by atoms with Crippen LogP contribution in [0.4, 0.5) is 0 Å². The summed E-state index contributed by atoms with van der Waals surface area (Å²) >= 11 is 0. The fourth-order valence-corrected chi connectivity index (χ4v) is 3.93. The van der Waals surface area contributed by atoms with E-state index in [-0.39, 0.29) is 5.43 Å². The van der Waals surface area contributed by atoms with Crippen molar-refractivity contribution in [2.75, 3.05) is 0 Å². The lowest BCUT2D eigenvalue weighted by Crippen LogP contribution is -2.30. The van der Waals surface area contributed by atoms with E-state index in [0.29, 0.717) is 5.69 Å². The number of fused-ring (bicyclic) bond motifs is 4. The van der Waals surface area contributed by atoms with Gasteiger partial charge in [-0.2, -0.15) is 4.57 Å². The van der Waals surface area contributed by atoms with Gasteiger partial charge in [-0.3, -0.25) is 4.79 Å². The first-order chi connectivity index (χ1) is 15.1. The summed E-state index contributed by atoms with van der Waals surface area (Å²) in [6, 6.07) is 29.4. The number of nitrogens with zero attached hydrogens (tertiary/aromatic N) is 4. The first-order valence-corrected chi connectivity index (χ1v) is 10.1. The van der Waals surface area contributed by atoms with Crippen molar-refractivity contribution in [1.29, 1.82) is 0 Å². The van der Waals surface area contributed by atoms with Crippen molar-refractivity contribution in [3.05, 3.63) is 101 Å². The summed E-state index contributed by atoms with van der Waals surface area (Å²) in [5, 5.41) is 0. The van der Waals surface area contributed by atoms with Crippen LogP contribution in [0.1, 0.15) is 0 Å². The molecule has 1 aliphatic heterocycles. The fourth-order valence-electron chi connectivity index (χ4n) is 3.93. The third-order valence-electron chi connectivity index (χ3n) is 5.54. The molecule has 2 heterocycles. The summed E-state index contributed by atoms with van der Waals surface area (Å²) in [7, 11) is 4.03. The summed E-state index contributed by atoms with van der Waals surface area (Å²) in [5.41, 5.74) is 7.65. The number of hydrogen-bond donors (Lipinski definition) is 0. The summed E-state index contributed by atoms with van der Waals surface area (Å²) in [5.74, 6) is 0. The Bertz CT molecular complexity index is 1530. The monoisotopic (exact) mass is 405 g/mol. The van der Waals surface area contributed by atoms with Gasteiger partial charge < -0.3 is 4.57 Å². The summed E-state index contributed by atoms with van der Waals surface area (Å²) in [6.07, 6.45) is 0. The zero-order valence-electron chi connectivity index (χ0n) is 17.4. The van der Waals surface area contributed by atoms with Crippen LogP contribution in [0.5, 0.6) is 0 Å². The van der Waals surface area contributed by atoms with Crippen molar-refractivity contribution in [3.63, 3.8) is 0 Å². The molecule has 0 saturated heterocycles. The van der Waals surface area contributed by atoms with E-state index in [4.69, 9.17) is 0 Å². The van der Waals surface area contributed by atoms with E-state index in [1.807, 2.05) is 78.3 Å². The van der Waals surface area contributed by atoms with E-state index in [0.717, 1.165) is 38.8 Å². The van der Waals surface area contributed by atoms with Gasteiger partial charge in [-0.1, -0.05) is 42.5 Å². The molecule has 0 atom stereocenters. The van der Waals surface area contributed by atoms with Crippen LogP contribution in [0.25, 0.3) is 44.5 Å². The predicted octanol–water partition coefficient (Wildman–Crippen LogP) is 4.25. The van der Waals surface area contributed by atoms with E-state index >= 15 is 0 Å². The van der Waals surface area contributed by atoms with Crippen LogP contribution in [0.15, 0.2) is 95.8 Å². The van der Waals surface area contributed by atoms with E-state index in [1.165, 1.54) is 0 Å². The molecule has 5 heteroatoms. The number of rotatable bonds is 0. The molecule has 4 aromatic rings. The lowest BCUT2D eigenvalue weighted by molar-refractivity contribution is -0.617. The summed E-state index contributed by atoms with van der Waals surface area (Å²) in [4.78, 5) is 20.7. The van der Waals surface area contributed by atoms with Gasteiger partial charge >= 0.3 is 0 Å². The average Bonchev–Trinajstić information content (AvgIpc) is 2.81. The Kier molecular flexibility index (Phi) is 4.64. The van der Waals surface area contributed by atoms with E-state index in [1.54, 1.807) is 12.1 Å². The molecule has 6 rings (SSSR count). The Labute approximate surface area is 179 Å². The topological polar surface area (TPSA) is 51.7 Å². The second-order valence-electron chi connectivity index (χ2n) is 7.43. The van der Waals surface area contributed by atoms with Crippen LogP contribution in [0.3, 0.4) is 0 Å². The highest BCUT2D eigenvalue weighted by molar-refractivity contribution is 5.81. The number of aryl methyl sites for hydroxylation is 2. The van der Waals surface area contributed by atoms with E-state index in [9.17, 15) is 4.79 Å². The molecule has 1 aromatic heterocycles. The fraction of sp³-hybridized carbons (Fsp3) is 0.0769. The maximum absolute atomic E-state index is 11.7.